The lowest BCUT2D eigenvalue weighted by Crippen LogP contribution is -2.33. The van der Waals surface area contributed by atoms with Gasteiger partial charge in [0.15, 0.2) is 8.32 Å². The Kier molecular flexibility index (Phi) is 6.98. The van der Waals surface area contributed by atoms with Gasteiger partial charge in [0.25, 0.3) is 0 Å². The predicted molar refractivity (Wildman–Crippen MR) is 79.6 cm³/mol. The zero-order valence-electron chi connectivity index (χ0n) is 12.1. The molecule has 1 atom stereocenters. The molecule has 106 valence electrons. The first-order valence-electron chi connectivity index (χ1n) is 6.74. The van der Waals surface area contributed by atoms with Crippen LogP contribution in [0.2, 0.25) is 19.6 Å². The van der Waals surface area contributed by atoms with Gasteiger partial charge in [0.05, 0.1) is 12.7 Å². The minimum absolute atomic E-state index is 0.0000555. The Hall–Kier alpha value is -0.973. The average Bonchev–Trinajstić information content (AvgIpc) is 2.34. The van der Waals surface area contributed by atoms with E-state index >= 15 is 0 Å². The van der Waals surface area contributed by atoms with Crippen molar-refractivity contribution in [2.75, 3.05) is 6.61 Å². The molecule has 4 heteroatoms. The minimum atomic E-state index is -1.60. The van der Waals surface area contributed by atoms with Gasteiger partial charge in [-0.2, -0.15) is 0 Å². The molecule has 1 aromatic carbocycles. The van der Waals surface area contributed by atoms with E-state index in [2.05, 4.69) is 19.6 Å². The first-order valence-corrected chi connectivity index (χ1v) is 10.2. The molecule has 1 aromatic rings. The van der Waals surface area contributed by atoms with E-state index in [1.807, 2.05) is 30.3 Å². The van der Waals surface area contributed by atoms with Crippen LogP contribution in [0.25, 0.3) is 0 Å². The summed E-state index contributed by atoms with van der Waals surface area (Å²) in [5.74, 6) is 0. The summed E-state index contributed by atoms with van der Waals surface area (Å²) < 4.78 is 11.6. The van der Waals surface area contributed by atoms with Crippen LogP contribution in [0, 0.1) is 0 Å². The number of aldehydes is 1. The molecule has 0 amide bonds. The van der Waals surface area contributed by atoms with E-state index in [0.29, 0.717) is 19.6 Å². The van der Waals surface area contributed by atoms with E-state index in [1.165, 1.54) is 5.56 Å². The Morgan fingerprint density at radius 2 is 1.89 bits per heavy atom. The molecule has 0 saturated heterocycles. The van der Waals surface area contributed by atoms with Crippen LogP contribution in [0.1, 0.15) is 18.4 Å². The Bertz CT molecular complexity index is 359. The highest BCUT2D eigenvalue weighted by atomic mass is 28.4. The molecule has 0 aliphatic rings. The quantitative estimate of drug-likeness (QED) is 0.395. The minimum Gasteiger partial charge on any atom is -0.414 e. The number of carbonyl (C=O) groups excluding carboxylic acids is 1. The molecule has 0 fully saturated rings. The first kappa shape index (κ1) is 16.1. The molecule has 0 heterocycles. The van der Waals surface area contributed by atoms with Gasteiger partial charge < -0.3 is 14.0 Å². The molecule has 0 aromatic heterocycles. The molecule has 19 heavy (non-hydrogen) atoms. The van der Waals surface area contributed by atoms with E-state index in [-0.39, 0.29) is 6.10 Å². The summed E-state index contributed by atoms with van der Waals surface area (Å²) in [5, 5.41) is 0. The number of benzene rings is 1. The largest absolute Gasteiger partial charge is 0.414 e. The summed E-state index contributed by atoms with van der Waals surface area (Å²) in [4.78, 5) is 10.6. The van der Waals surface area contributed by atoms with Crippen LogP contribution in [-0.4, -0.2) is 27.3 Å². The van der Waals surface area contributed by atoms with Gasteiger partial charge in [0.1, 0.15) is 6.29 Å². The smallest absolute Gasteiger partial charge is 0.184 e. The summed E-state index contributed by atoms with van der Waals surface area (Å²) >= 11 is 0. The second kappa shape index (κ2) is 8.25. The van der Waals surface area contributed by atoms with Crippen molar-refractivity contribution in [3.05, 3.63) is 35.9 Å². The Balaban J connectivity index is 2.26. The van der Waals surface area contributed by atoms with Gasteiger partial charge in [-0.25, -0.2) is 0 Å². The van der Waals surface area contributed by atoms with Crippen LogP contribution in [0.4, 0.5) is 0 Å². The van der Waals surface area contributed by atoms with Crippen molar-refractivity contribution in [2.45, 2.75) is 45.2 Å². The van der Waals surface area contributed by atoms with Gasteiger partial charge in [0.2, 0.25) is 0 Å². The SMILES string of the molecule is C[Si](C)(C)O[C@@H](CC=O)CCOCc1ccccc1. The Labute approximate surface area is 117 Å². The molecule has 3 nitrogen and oxygen atoms in total. The molecule has 0 bridgehead atoms. The number of carbonyl (C=O) groups is 1. The standard InChI is InChI=1S/C15H24O3Si/c1-19(2,3)18-15(9-11-16)10-12-17-13-14-7-5-4-6-8-14/h4-8,11,15H,9-10,12-13H2,1-3H3/t15-/m0/s1. The molecule has 1 rings (SSSR count). The van der Waals surface area contributed by atoms with Gasteiger partial charge in [0, 0.05) is 13.0 Å². The molecular weight excluding hydrogens is 256 g/mol. The lowest BCUT2D eigenvalue weighted by Gasteiger charge is -2.25. The van der Waals surface area contributed by atoms with Crippen molar-refractivity contribution in [2.24, 2.45) is 0 Å². The van der Waals surface area contributed by atoms with Crippen LogP contribution < -0.4 is 0 Å². The topological polar surface area (TPSA) is 35.5 Å². The summed E-state index contributed by atoms with van der Waals surface area (Å²) in [5.41, 5.74) is 1.17. The third kappa shape index (κ3) is 7.92. The fourth-order valence-corrected chi connectivity index (χ4v) is 3.03. The van der Waals surface area contributed by atoms with Crippen molar-refractivity contribution in [3.8, 4) is 0 Å². The van der Waals surface area contributed by atoms with Crippen LogP contribution in [0.15, 0.2) is 30.3 Å². The molecule has 0 aliphatic heterocycles. The van der Waals surface area contributed by atoms with Gasteiger partial charge in [-0.05, 0) is 31.6 Å². The van der Waals surface area contributed by atoms with Crippen molar-refractivity contribution < 1.29 is 14.0 Å². The van der Waals surface area contributed by atoms with E-state index in [0.717, 1.165) is 12.7 Å². The van der Waals surface area contributed by atoms with Crippen LogP contribution in [-0.2, 0) is 20.6 Å². The van der Waals surface area contributed by atoms with E-state index < -0.39 is 8.32 Å². The second-order valence-electron chi connectivity index (χ2n) is 5.58. The number of hydrogen-bond donors (Lipinski definition) is 0. The Morgan fingerprint density at radius 3 is 2.47 bits per heavy atom. The predicted octanol–water partition coefficient (Wildman–Crippen LogP) is 3.40. The average molecular weight is 280 g/mol. The fraction of sp³-hybridized carbons (Fsp3) is 0.533. The van der Waals surface area contributed by atoms with Crippen molar-refractivity contribution in [1.82, 2.24) is 0 Å². The molecule has 0 unspecified atom stereocenters. The third-order valence-electron chi connectivity index (χ3n) is 2.58. The third-order valence-corrected chi connectivity index (χ3v) is 3.62. The van der Waals surface area contributed by atoms with E-state index in [1.54, 1.807) is 0 Å². The highest BCUT2D eigenvalue weighted by Gasteiger charge is 2.20. The number of hydrogen-bond acceptors (Lipinski definition) is 3. The molecule has 0 spiro atoms. The van der Waals surface area contributed by atoms with E-state index in [4.69, 9.17) is 9.16 Å². The van der Waals surface area contributed by atoms with Gasteiger partial charge in [-0.15, -0.1) is 0 Å². The highest BCUT2D eigenvalue weighted by molar-refractivity contribution is 6.69. The molecule has 0 N–H and O–H groups in total. The second-order valence-corrected chi connectivity index (χ2v) is 10.0. The normalized spacial score (nSPS) is 13.2. The number of ether oxygens (including phenoxy) is 1. The lowest BCUT2D eigenvalue weighted by atomic mass is 10.2. The van der Waals surface area contributed by atoms with Crippen LogP contribution in [0.3, 0.4) is 0 Å². The van der Waals surface area contributed by atoms with Gasteiger partial charge >= 0.3 is 0 Å². The van der Waals surface area contributed by atoms with E-state index in [9.17, 15) is 4.79 Å². The monoisotopic (exact) mass is 280 g/mol. The number of rotatable bonds is 9. The maximum Gasteiger partial charge on any atom is 0.184 e. The summed E-state index contributed by atoms with van der Waals surface area (Å²) in [6.45, 7) is 7.64. The highest BCUT2D eigenvalue weighted by Crippen LogP contribution is 2.13. The van der Waals surface area contributed by atoms with Crippen molar-refractivity contribution >= 4 is 14.6 Å². The lowest BCUT2D eigenvalue weighted by molar-refractivity contribution is -0.109. The fourth-order valence-electron chi connectivity index (χ4n) is 1.81. The molecule has 0 saturated carbocycles. The summed E-state index contributed by atoms with van der Waals surface area (Å²) in [6.07, 6.45) is 2.16. The van der Waals surface area contributed by atoms with Gasteiger partial charge in [-0.3, -0.25) is 0 Å². The van der Waals surface area contributed by atoms with Crippen molar-refractivity contribution in [3.63, 3.8) is 0 Å². The maximum atomic E-state index is 10.6. The Morgan fingerprint density at radius 1 is 1.21 bits per heavy atom. The molecule has 0 aliphatic carbocycles. The molecule has 0 radical (unpaired) electrons. The zero-order chi connectivity index (χ0) is 14.1. The summed E-state index contributed by atoms with van der Waals surface area (Å²) in [7, 11) is -1.60. The molecular formula is C15H24O3Si. The van der Waals surface area contributed by atoms with Gasteiger partial charge in [-0.1, -0.05) is 30.3 Å². The van der Waals surface area contributed by atoms with Crippen molar-refractivity contribution in [1.29, 1.82) is 0 Å². The summed E-state index contributed by atoms with van der Waals surface area (Å²) in [6, 6.07) is 10.1. The maximum absolute atomic E-state index is 10.6. The van der Waals surface area contributed by atoms with Crippen LogP contribution in [0.5, 0.6) is 0 Å². The van der Waals surface area contributed by atoms with Crippen LogP contribution >= 0.6 is 0 Å². The first-order chi connectivity index (χ1) is 9.01. The zero-order valence-corrected chi connectivity index (χ0v) is 13.1.